The smallest absolute Gasteiger partial charge is 0.293 e. The van der Waals surface area contributed by atoms with E-state index < -0.39 is 0 Å². The Kier molecular flexibility index (Phi) is 6.22. The van der Waals surface area contributed by atoms with E-state index in [1.165, 1.54) is 0 Å². The number of aryl methyl sites for hydroxylation is 3. The molecular formula is C22H23N3O3. The highest BCUT2D eigenvalue weighted by Crippen LogP contribution is 2.18. The molecule has 6 nitrogen and oxygen atoms in total. The molecule has 0 fully saturated rings. The molecule has 0 aliphatic carbocycles. The quantitative estimate of drug-likeness (QED) is 0.640. The number of amides is 2. The van der Waals surface area contributed by atoms with Crippen LogP contribution >= 0.6 is 0 Å². The van der Waals surface area contributed by atoms with Crippen LogP contribution in [0.3, 0.4) is 0 Å². The van der Waals surface area contributed by atoms with Crippen molar-refractivity contribution in [2.24, 2.45) is 0 Å². The van der Waals surface area contributed by atoms with Gasteiger partial charge in [0.25, 0.3) is 5.91 Å². The molecule has 3 rings (SSSR count). The third kappa shape index (κ3) is 5.07. The number of rotatable bonds is 7. The van der Waals surface area contributed by atoms with Crippen molar-refractivity contribution in [2.45, 2.75) is 33.1 Å². The first-order chi connectivity index (χ1) is 13.5. The highest BCUT2D eigenvalue weighted by Gasteiger charge is 2.17. The summed E-state index contributed by atoms with van der Waals surface area (Å²) in [5.74, 6) is 0.291. The molecule has 2 amide bonds. The lowest BCUT2D eigenvalue weighted by molar-refractivity contribution is -0.116. The summed E-state index contributed by atoms with van der Waals surface area (Å²) in [5, 5.41) is 5.65. The lowest BCUT2D eigenvalue weighted by Gasteiger charge is -2.08. The van der Waals surface area contributed by atoms with Gasteiger partial charge in [-0.2, -0.15) is 0 Å². The van der Waals surface area contributed by atoms with E-state index in [-0.39, 0.29) is 17.6 Å². The Balaban J connectivity index is 1.59. The van der Waals surface area contributed by atoms with Crippen molar-refractivity contribution >= 4 is 23.2 Å². The number of carbonyl (C=O) groups excluding carboxylic acids is 2. The predicted octanol–water partition coefficient (Wildman–Crippen LogP) is 4.37. The van der Waals surface area contributed by atoms with Gasteiger partial charge in [-0.15, -0.1) is 0 Å². The number of anilines is 2. The fourth-order valence-electron chi connectivity index (χ4n) is 2.80. The van der Waals surface area contributed by atoms with Gasteiger partial charge in [0, 0.05) is 24.2 Å². The zero-order valence-corrected chi connectivity index (χ0v) is 16.0. The Bertz CT molecular complexity index is 964. The van der Waals surface area contributed by atoms with Crippen LogP contribution in [0.4, 0.5) is 11.4 Å². The minimum absolute atomic E-state index is 0.0778. The highest BCUT2D eigenvalue weighted by atomic mass is 16.4. The minimum atomic E-state index is -0.364. The van der Waals surface area contributed by atoms with Gasteiger partial charge in [0.15, 0.2) is 5.89 Å². The molecule has 0 aliphatic heterocycles. The topological polar surface area (TPSA) is 84.2 Å². The lowest BCUT2D eigenvalue weighted by Crippen LogP contribution is -2.14. The highest BCUT2D eigenvalue weighted by molar-refractivity contribution is 6.03. The van der Waals surface area contributed by atoms with Gasteiger partial charge in [-0.25, -0.2) is 4.98 Å². The Morgan fingerprint density at radius 2 is 1.71 bits per heavy atom. The molecule has 1 aromatic heterocycles. The van der Waals surface area contributed by atoms with E-state index in [1.807, 2.05) is 37.3 Å². The van der Waals surface area contributed by atoms with Crippen LogP contribution in [0.15, 0.2) is 59.0 Å². The summed E-state index contributed by atoms with van der Waals surface area (Å²) in [5.41, 5.74) is 2.87. The molecule has 2 aromatic carbocycles. The molecule has 0 saturated heterocycles. The van der Waals surface area contributed by atoms with E-state index in [0.29, 0.717) is 42.2 Å². The monoisotopic (exact) mass is 377 g/mol. The first kappa shape index (κ1) is 19.4. The van der Waals surface area contributed by atoms with Crippen LogP contribution in [0.25, 0.3) is 0 Å². The maximum atomic E-state index is 12.4. The molecule has 3 aromatic rings. The lowest BCUT2D eigenvalue weighted by atomic mass is 10.1. The fraction of sp³-hybridized carbons (Fsp3) is 0.227. The molecular weight excluding hydrogens is 354 g/mol. The molecule has 28 heavy (non-hydrogen) atoms. The Hall–Kier alpha value is -3.41. The zero-order chi connectivity index (χ0) is 19.9. The number of aromatic nitrogens is 1. The second-order valence-electron chi connectivity index (χ2n) is 6.44. The molecule has 0 bridgehead atoms. The first-order valence-electron chi connectivity index (χ1n) is 9.26. The molecule has 2 N–H and O–H groups in total. The van der Waals surface area contributed by atoms with Crippen molar-refractivity contribution in [3.63, 3.8) is 0 Å². The van der Waals surface area contributed by atoms with Crippen molar-refractivity contribution in [3.05, 3.63) is 77.5 Å². The maximum Gasteiger partial charge on any atom is 0.293 e. The number of carbonyl (C=O) groups is 2. The zero-order valence-electron chi connectivity index (χ0n) is 16.0. The number of benzene rings is 2. The fourth-order valence-corrected chi connectivity index (χ4v) is 2.80. The summed E-state index contributed by atoms with van der Waals surface area (Å²) < 4.78 is 5.47. The van der Waals surface area contributed by atoms with Gasteiger partial charge in [-0.3, -0.25) is 9.59 Å². The number of oxazole rings is 1. The molecule has 6 heteroatoms. The second kappa shape index (κ2) is 8.99. The normalized spacial score (nSPS) is 10.5. The van der Waals surface area contributed by atoms with Crippen molar-refractivity contribution in [1.29, 1.82) is 0 Å². The van der Waals surface area contributed by atoms with E-state index in [4.69, 9.17) is 4.42 Å². The van der Waals surface area contributed by atoms with Gasteiger partial charge in [0.05, 0.1) is 5.69 Å². The van der Waals surface area contributed by atoms with Crippen LogP contribution in [0.2, 0.25) is 0 Å². The Labute approximate surface area is 164 Å². The van der Waals surface area contributed by atoms with Crippen LogP contribution < -0.4 is 10.6 Å². The van der Waals surface area contributed by atoms with Crippen LogP contribution in [0.5, 0.6) is 0 Å². The standard InChI is InChI=1S/C22H23N3O3/c1-3-20-23-15(2)21(28-20)22(27)25-18-11-7-10-17(14-18)24-19(26)13-12-16-8-5-4-6-9-16/h4-11,14H,3,12-13H2,1-2H3,(H,24,26)(H,25,27). The molecule has 0 aliphatic rings. The molecule has 144 valence electrons. The van der Waals surface area contributed by atoms with Crippen LogP contribution in [0, 0.1) is 6.92 Å². The first-order valence-corrected chi connectivity index (χ1v) is 9.26. The second-order valence-corrected chi connectivity index (χ2v) is 6.44. The van der Waals surface area contributed by atoms with Crippen LogP contribution in [-0.2, 0) is 17.6 Å². The van der Waals surface area contributed by atoms with Gasteiger partial charge < -0.3 is 15.1 Å². The van der Waals surface area contributed by atoms with Gasteiger partial charge in [-0.1, -0.05) is 43.3 Å². The average Bonchev–Trinajstić information content (AvgIpc) is 3.08. The number of nitrogens with zero attached hydrogens (tertiary/aromatic N) is 1. The molecule has 0 spiro atoms. The van der Waals surface area contributed by atoms with Crippen molar-refractivity contribution in [1.82, 2.24) is 4.98 Å². The minimum Gasteiger partial charge on any atom is -0.435 e. The van der Waals surface area contributed by atoms with Gasteiger partial charge in [0.1, 0.15) is 0 Å². The summed E-state index contributed by atoms with van der Waals surface area (Å²) >= 11 is 0. The van der Waals surface area contributed by atoms with E-state index in [2.05, 4.69) is 15.6 Å². The third-order valence-corrected chi connectivity index (χ3v) is 4.24. The predicted molar refractivity (Wildman–Crippen MR) is 108 cm³/mol. The Morgan fingerprint density at radius 3 is 2.39 bits per heavy atom. The maximum absolute atomic E-state index is 12.4. The summed E-state index contributed by atoms with van der Waals surface area (Å²) in [6.45, 7) is 3.65. The van der Waals surface area contributed by atoms with Crippen molar-refractivity contribution in [3.8, 4) is 0 Å². The van der Waals surface area contributed by atoms with Gasteiger partial charge in [0.2, 0.25) is 11.7 Å². The number of hydrogen-bond acceptors (Lipinski definition) is 4. The number of hydrogen-bond donors (Lipinski definition) is 2. The van der Waals surface area contributed by atoms with E-state index >= 15 is 0 Å². The van der Waals surface area contributed by atoms with Crippen LogP contribution in [0.1, 0.15) is 41.0 Å². The van der Waals surface area contributed by atoms with Gasteiger partial charge in [-0.05, 0) is 37.1 Å². The van der Waals surface area contributed by atoms with Crippen LogP contribution in [-0.4, -0.2) is 16.8 Å². The number of nitrogens with one attached hydrogen (secondary N) is 2. The van der Waals surface area contributed by atoms with Crippen molar-refractivity contribution < 1.29 is 14.0 Å². The van der Waals surface area contributed by atoms with E-state index in [9.17, 15) is 9.59 Å². The third-order valence-electron chi connectivity index (χ3n) is 4.24. The molecule has 1 heterocycles. The Morgan fingerprint density at radius 1 is 1.00 bits per heavy atom. The SMILES string of the molecule is CCc1nc(C)c(C(=O)Nc2cccc(NC(=O)CCc3ccccc3)c2)o1. The molecule has 0 atom stereocenters. The molecule has 0 radical (unpaired) electrons. The summed E-state index contributed by atoms with van der Waals surface area (Å²) in [7, 11) is 0. The van der Waals surface area contributed by atoms with E-state index in [0.717, 1.165) is 5.56 Å². The summed E-state index contributed by atoms with van der Waals surface area (Å²) in [6, 6.07) is 16.9. The van der Waals surface area contributed by atoms with Crippen molar-refractivity contribution in [2.75, 3.05) is 10.6 Å². The average molecular weight is 377 g/mol. The largest absolute Gasteiger partial charge is 0.435 e. The molecule has 0 saturated carbocycles. The molecule has 0 unspecified atom stereocenters. The van der Waals surface area contributed by atoms with E-state index in [1.54, 1.807) is 31.2 Å². The summed E-state index contributed by atoms with van der Waals surface area (Å²) in [6.07, 6.45) is 1.68. The summed E-state index contributed by atoms with van der Waals surface area (Å²) in [4.78, 5) is 28.8. The van der Waals surface area contributed by atoms with Gasteiger partial charge >= 0.3 is 0 Å².